The summed E-state index contributed by atoms with van der Waals surface area (Å²) in [4.78, 5) is 34.1. The number of amides is 1. The average molecular weight is 391 g/mol. The minimum Gasteiger partial charge on any atom is -0.333 e. The lowest BCUT2D eigenvalue weighted by atomic mass is 10.00. The van der Waals surface area contributed by atoms with Crippen LogP contribution in [0.2, 0.25) is 0 Å². The molecule has 1 unspecified atom stereocenters. The number of nitrogens with one attached hydrogen (secondary N) is 2. The highest BCUT2D eigenvalue weighted by molar-refractivity contribution is 5.85. The van der Waals surface area contributed by atoms with Crippen molar-refractivity contribution >= 4 is 18.3 Å². The summed E-state index contributed by atoms with van der Waals surface area (Å²) in [6, 6.07) is 8.42. The van der Waals surface area contributed by atoms with E-state index in [-0.39, 0.29) is 36.3 Å². The fourth-order valence-electron chi connectivity index (χ4n) is 3.49. The first-order valence-corrected chi connectivity index (χ1v) is 9.15. The van der Waals surface area contributed by atoms with Crippen LogP contribution in [-0.2, 0) is 17.6 Å². The summed E-state index contributed by atoms with van der Waals surface area (Å²) in [7, 11) is 0. The molecule has 1 atom stereocenters. The molecule has 2 heterocycles. The second-order valence-corrected chi connectivity index (χ2v) is 6.79. The molecular formula is C20H27ClN4O2. The normalized spacial score (nSPS) is 16.7. The van der Waals surface area contributed by atoms with Crippen LogP contribution in [-0.4, -0.2) is 40.4 Å². The zero-order chi connectivity index (χ0) is 18.7. The maximum Gasteiger partial charge on any atom is 0.254 e. The molecule has 2 N–H and O–H groups in total. The van der Waals surface area contributed by atoms with Gasteiger partial charge >= 0.3 is 0 Å². The molecule has 0 aliphatic carbocycles. The standard InChI is InChI=1S/C20H26N4O2.ClH/c1-4-15-5-7-16(8-6-15)18-12-21-9-10-24(18)19(25)11-17-13(2)22-14(3)23-20(17)26;/h5-8,18,21H,4,9-12H2,1-3H3,(H,22,23,26);1H. The topological polar surface area (TPSA) is 78.1 Å². The molecule has 1 aliphatic heterocycles. The van der Waals surface area contributed by atoms with E-state index in [1.54, 1.807) is 13.8 Å². The number of aromatic amines is 1. The van der Waals surface area contributed by atoms with Crippen LogP contribution in [0.4, 0.5) is 0 Å². The number of hydrogen-bond acceptors (Lipinski definition) is 4. The van der Waals surface area contributed by atoms with Crippen LogP contribution in [0, 0.1) is 13.8 Å². The Balaban J connectivity index is 0.00000261. The van der Waals surface area contributed by atoms with E-state index in [2.05, 4.69) is 46.5 Å². The van der Waals surface area contributed by atoms with Crippen LogP contribution in [0.1, 0.15) is 41.2 Å². The highest BCUT2D eigenvalue weighted by atomic mass is 35.5. The van der Waals surface area contributed by atoms with Gasteiger partial charge in [-0.3, -0.25) is 9.59 Å². The molecule has 1 aromatic heterocycles. The summed E-state index contributed by atoms with van der Waals surface area (Å²) in [5.74, 6) is 0.537. The van der Waals surface area contributed by atoms with Crippen molar-refractivity contribution in [1.82, 2.24) is 20.2 Å². The van der Waals surface area contributed by atoms with Crippen molar-refractivity contribution in [3.05, 3.63) is 62.8 Å². The maximum absolute atomic E-state index is 13.0. The van der Waals surface area contributed by atoms with Crippen LogP contribution in [0.5, 0.6) is 0 Å². The summed E-state index contributed by atoms with van der Waals surface area (Å²) < 4.78 is 0. The van der Waals surface area contributed by atoms with Gasteiger partial charge in [-0.05, 0) is 31.4 Å². The molecule has 1 aliphatic rings. The predicted octanol–water partition coefficient (Wildman–Crippen LogP) is 2.09. The van der Waals surface area contributed by atoms with Gasteiger partial charge in [-0.15, -0.1) is 12.4 Å². The minimum atomic E-state index is -0.220. The van der Waals surface area contributed by atoms with Gasteiger partial charge in [-0.25, -0.2) is 4.98 Å². The monoisotopic (exact) mass is 390 g/mol. The molecule has 0 radical (unpaired) electrons. The molecule has 2 aromatic rings. The largest absolute Gasteiger partial charge is 0.333 e. The number of benzene rings is 1. The summed E-state index contributed by atoms with van der Waals surface area (Å²) >= 11 is 0. The lowest BCUT2D eigenvalue weighted by Crippen LogP contribution is -2.49. The maximum atomic E-state index is 13.0. The number of hydrogen-bond donors (Lipinski definition) is 2. The molecule has 1 fully saturated rings. The lowest BCUT2D eigenvalue weighted by Gasteiger charge is -2.36. The quantitative estimate of drug-likeness (QED) is 0.837. The SMILES string of the molecule is CCc1ccc(C2CNCCN2C(=O)Cc2c(C)nc(C)[nH]c2=O)cc1.Cl. The molecule has 27 heavy (non-hydrogen) atoms. The first-order valence-electron chi connectivity index (χ1n) is 9.15. The Morgan fingerprint density at radius 3 is 2.59 bits per heavy atom. The molecule has 146 valence electrons. The van der Waals surface area contributed by atoms with Crippen molar-refractivity contribution in [3.8, 4) is 0 Å². The molecule has 3 rings (SSSR count). The van der Waals surface area contributed by atoms with E-state index in [0.29, 0.717) is 23.6 Å². The third kappa shape index (κ3) is 4.76. The highest BCUT2D eigenvalue weighted by Gasteiger charge is 2.28. The molecule has 1 saturated heterocycles. The Labute approximate surface area is 165 Å². The first-order chi connectivity index (χ1) is 12.5. The third-order valence-electron chi connectivity index (χ3n) is 5.01. The van der Waals surface area contributed by atoms with Crippen molar-refractivity contribution in [2.45, 2.75) is 39.7 Å². The Hall–Kier alpha value is -2.18. The van der Waals surface area contributed by atoms with Gasteiger partial charge in [0.25, 0.3) is 5.56 Å². The number of piperazine rings is 1. The minimum absolute atomic E-state index is 0. The number of H-pyrrole nitrogens is 1. The molecule has 0 bridgehead atoms. The Kier molecular flexibility index (Phi) is 7.16. The average Bonchev–Trinajstić information content (AvgIpc) is 2.64. The summed E-state index contributed by atoms with van der Waals surface area (Å²) in [5.41, 5.74) is 3.26. The van der Waals surface area contributed by atoms with E-state index in [9.17, 15) is 9.59 Å². The number of aryl methyl sites for hydroxylation is 3. The van der Waals surface area contributed by atoms with Crippen molar-refractivity contribution in [2.24, 2.45) is 0 Å². The number of carbonyl (C=O) groups is 1. The Morgan fingerprint density at radius 2 is 1.96 bits per heavy atom. The van der Waals surface area contributed by atoms with Crippen LogP contribution in [0.15, 0.2) is 29.1 Å². The number of nitrogens with zero attached hydrogens (tertiary/aromatic N) is 2. The molecule has 0 spiro atoms. The summed E-state index contributed by atoms with van der Waals surface area (Å²) in [6.07, 6.45) is 1.08. The molecule has 7 heteroatoms. The van der Waals surface area contributed by atoms with E-state index in [1.165, 1.54) is 5.56 Å². The number of carbonyl (C=O) groups excluding carboxylic acids is 1. The third-order valence-corrected chi connectivity index (χ3v) is 5.01. The molecule has 1 aromatic carbocycles. The van der Waals surface area contributed by atoms with Crippen molar-refractivity contribution < 1.29 is 4.79 Å². The second-order valence-electron chi connectivity index (χ2n) is 6.79. The number of aromatic nitrogens is 2. The first kappa shape index (κ1) is 21.1. The highest BCUT2D eigenvalue weighted by Crippen LogP contribution is 2.23. The van der Waals surface area contributed by atoms with Gasteiger partial charge in [0.2, 0.25) is 5.91 Å². The van der Waals surface area contributed by atoms with Gasteiger partial charge in [0.15, 0.2) is 0 Å². The van der Waals surface area contributed by atoms with Gasteiger partial charge in [0, 0.05) is 30.9 Å². The van der Waals surface area contributed by atoms with Gasteiger partial charge in [0.05, 0.1) is 12.5 Å². The van der Waals surface area contributed by atoms with E-state index in [4.69, 9.17) is 0 Å². The van der Waals surface area contributed by atoms with Gasteiger partial charge in [-0.1, -0.05) is 31.2 Å². The van der Waals surface area contributed by atoms with E-state index in [1.807, 2.05) is 4.90 Å². The van der Waals surface area contributed by atoms with Crippen molar-refractivity contribution in [3.63, 3.8) is 0 Å². The van der Waals surface area contributed by atoms with E-state index >= 15 is 0 Å². The van der Waals surface area contributed by atoms with Crippen LogP contribution < -0.4 is 10.9 Å². The fraction of sp³-hybridized carbons (Fsp3) is 0.450. The number of rotatable bonds is 4. The molecule has 0 saturated carbocycles. The van der Waals surface area contributed by atoms with Crippen LogP contribution in [0.3, 0.4) is 0 Å². The van der Waals surface area contributed by atoms with Gasteiger partial charge in [0.1, 0.15) is 5.82 Å². The van der Waals surface area contributed by atoms with Crippen molar-refractivity contribution in [2.75, 3.05) is 19.6 Å². The van der Waals surface area contributed by atoms with E-state index in [0.717, 1.165) is 25.1 Å². The fourth-order valence-corrected chi connectivity index (χ4v) is 3.49. The van der Waals surface area contributed by atoms with Crippen molar-refractivity contribution in [1.29, 1.82) is 0 Å². The summed E-state index contributed by atoms with van der Waals surface area (Å²) in [6.45, 7) is 7.77. The Bertz CT molecular complexity index is 848. The smallest absolute Gasteiger partial charge is 0.254 e. The van der Waals surface area contributed by atoms with Gasteiger partial charge in [-0.2, -0.15) is 0 Å². The zero-order valence-corrected chi connectivity index (χ0v) is 16.9. The number of halogens is 1. The molecule has 1 amide bonds. The zero-order valence-electron chi connectivity index (χ0n) is 16.0. The second kappa shape index (κ2) is 9.15. The molecule has 6 nitrogen and oxygen atoms in total. The molecular weight excluding hydrogens is 364 g/mol. The Morgan fingerprint density at radius 1 is 1.26 bits per heavy atom. The predicted molar refractivity (Wildman–Crippen MR) is 108 cm³/mol. The van der Waals surface area contributed by atoms with E-state index < -0.39 is 0 Å². The van der Waals surface area contributed by atoms with Crippen LogP contribution >= 0.6 is 12.4 Å². The van der Waals surface area contributed by atoms with Crippen LogP contribution in [0.25, 0.3) is 0 Å². The van der Waals surface area contributed by atoms with Gasteiger partial charge < -0.3 is 15.2 Å². The lowest BCUT2D eigenvalue weighted by molar-refractivity contribution is -0.133. The summed E-state index contributed by atoms with van der Waals surface area (Å²) in [5, 5.41) is 3.37.